The van der Waals surface area contributed by atoms with Crippen molar-refractivity contribution in [2.45, 2.75) is 18.6 Å². The molecule has 2 aliphatic rings. The highest BCUT2D eigenvalue weighted by atomic mass is 79.9. The quantitative estimate of drug-likeness (QED) is 0.787. The van der Waals surface area contributed by atoms with Gasteiger partial charge in [0.2, 0.25) is 0 Å². The molecule has 4 nitrogen and oxygen atoms in total. The Balaban J connectivity index is 1.81. The van der Waals surface area contributed by atoms with Gasteiger partial charge in [0.15, 0.2) is 0 Å². The Bertz CT molecular complexity index is 495. The number of carbonyl (C=O) groups excluding carboxylic acids is 1. The van der Waals surface area contributed by atoms with E-state index in [1.165, 1.54) is 0 Å². The number of halogens is 1. The van der Waals surface area contributed by atoms with Crippen molar-refractivity contribution in [2.24, 2.45) is 0 Å². The van der Waals surface area contributed by atoms with Crippen LogP contribution >= 0.6 is 15.9 Å². The van der Waals surface area contributed by atoms with Crippen LogP contribution in [0.4, 0.5) is 0 Å². The fraction of sp³-hybridized carbons (Fsp3) is 0.533. The number of piperidine rings is 1. The summed E-state index contributed by atoms with van der Waals surface area (Å²) >= 11 is 3.40. The van der Waals surface area contributed by atoms with E-state index in [1.807, 2.05) is 29.2 Å². The topological polar surface area (TPSA) is 32.8 Å². The molecule has 5 heteroatoms. The molecule has 2 aliphatic heterocycles. The zero-order chi connectivity index (χ0) is 14.2. The molecule has 2 heterocycles. The van der Waals surface area contributed by atoms with Gasteiger partial charge < -0.3 is 14.5 Å². The summed E-state index contributed by atoms with van der Waals surface area (Å²) in [6.45, 7) is 3.29. The van der Waals surface area contributed by atoms with E-state index >= 15 is 0 Å². The number of hydrogen-bond acceptors (Lipinski definition) is 3. The van der Waals surface area contributed by atoms with Gasteiger partial charge in [-0.3, -0.25) is 4.79 Å². The zero-order valence-corrected chi connectivity index (χ0v) is 13.2. The van der Waals surface area contributed by atoms with Crippen LogP contribution in [-0.2, 0) is 4.74 Å². The first-order valence-electron chi connectivity index (χ1n) is 7.01. The fourth-order valence-electron chi connectivity index (χ4n) is 3.03. The van der Waals surface area contributed by atoms with Crippen LogP contribution in [0.3, 0.4) is 0 Å². The van der Waals surface area contributed by atoms with Crippen molar-refractivity contribution in [3.05, 3.63) is 34.3 Å². The molecule has 108 valence electrons. The van der Waals surface area contributed by atoms with Gasteiger partial charge in [0.25, 0.3) is 5.91 Å². The monoisotopic (exact) mass is 338 g/mol. The maximum Gasteiger partial charge on any atom is 0.256 e. The van der Waals surface area contributed by atoms with Crippen molar-refractivity contribution in [3.63, 3.8) is 0 Å². The molecule has 2 fully saturated rings. The fourth-order valence-corrected chi connectivity index (χ4v) is 3.29. The summed E-state index contributed by atoms with van der Waals surface area (Å²) in [6, 6.07) is 7.55. The molecular formula is C15H19BrN2O2. The standard InChI is InChI=1S/C15H19BrN2O2/c1-17-8-6-15(7-9-17)18(10-11-20-15)14(19)12-2-4-13(16)5-3-12/h2-5H,6-11H2,1H3. The molecule has 0 atom stereocenters. The third-order valence-corrected chi connectivity index (χ3v) is 4.81. The Morgan fingerprint density at radius 1 is 1.20 bits per heavy atom. The molecule has 3 rings (SSSR count). The van der Waals surface area contributed by atoms with Crippen molar-refractivity contribution >= 4 is 21.8 Å². The first-order valence-corrected chi connectivity index (χ1v) is 7.80. The molecule has 0 bridgehead atoms. The van der Waals surface area contributed by atoms with Gasteiger partial charge in [-0.25, -0.2) is 0 Å². The highest BCUT2D eigenvalue weighted by molar-refractivity contribution is 9.10. The molecule has 0 N–H and O–H groups in total. The second kappa shape index (κ2) is 5.47. The summed E-state index contributed by atoms with van der Waals surface area (Å²) in [5, 5.41) is 0. The van der Waals surface area contributed by atoms with Gasteiger partial charge in [0.1, 0.15) is 5.72 Å². The van der Waals surface area contributed by atoms with Gasteiger partial charge >= 0.3 is 0 Å². The zero-order valence-electron chi connectivity index (χ0n) is 11.6. The van der Waals surface area contributed by atoms with Crippen LogP contribution in [0, 0.1) is 0 Å². The van der Waals surface area contributed by atoms with Crippen LogP contribution in [0.2, 0.25) is 0 Å². The number of hydrogen-bond donors (Lipinski definition) is 0. The smallest absolute Gasteiger partial charge is 0.256 e. The van der Waals surface area contributed by atoms with Crippen LogP contribution in [0.5, 0.6) is 0 Å². The lowest BCUT2D eigenvalue weighted by Crippen LogP contribution is -2.54. The largest absolute Gasteiger partial charge is 0.354 e. The van der Waals surface area contributed by atoms with Gasteiger partial charge in [0.05, 0.1) is 6.61 Å². The van der Waals surface area contributed by atoms with Crippen molar-refractivity contribution in [2.75, 3.05) is 33.3 Å². The number of rotatable bonds is 1. The minimum Gasteiger partial charge on any atom is -0.354 e. The number of nitrogens with zero attached hydrogens (tertiary/aromatic N) is 2. The summed E-state index contributed by atoms with van der Waals surface area (Å²) in [6.07, 6.45) is 1.79. The van der Waals surface area contributed by atoms with E-state index in [9.17, 15) is 4.79 Å². The van der Waals surface area contributed by atoms with Gasteiger partial charge in [0, 0.05) is 42.5 Å². The summed E-state index contributed by atoms with van der Waals surface area (Å²) in [4.78, 5) is 17.0. The molecule has 1 aromatic rings. The maximum absolute atomic E-state index is 12.7. The molecule has 20 heavy (non-hydrogen) atoms. The Labute approximate surface area is 127 Å². The Morgan fingerprint density at radius 2 is 1.85 bits per heavy atom. The Hall–Kier alpha value is -0.910. The average Bonchev–Trinajstić information content (AvgIpc) is 2.86. The van der Waals surface area contributed by atoms with Crippen LogP contribution in [0.25, 0.3) is 0 Å². The van der Waals surface area contributed by atoms with Crippen LogP contribution in [0.15, 0.2) is 28.7 Å². The lowest BCUT2D eigenvalue weighted by Gasteiger charge is -2.42. The molecule has 1 aromatic carbocycles. The Morgan fingerprint density at radius 3 is 2.50 bits per heavy atom. The van der Waals surface area contributed by atoms with E-state index in [0.717, 1.165) is 36.0 Å². The van der Waals surface area contributed by atoms with Crippen LogP contribution < -0.4 is 0 Å². The minimum atomic E-state index is -0.378. The summed E-state index contributed by atoms with van der Waals surface area (Å²) in [7, 11) is 2.11. The molecule has 0 aliphatic carbocycles. The van der Waals surface area contributed by atoms with Crippen LogP contribution in [0.1, 0.15) is 23.2 Å². The van der Waals surface area contributed by atoms with E-state index in [-0.39, 0.29) is 11.6 Å². The van der Waals surface area contributed by atoms with Gasteiger partial charge in [-0.2, -0.15) is 0 Å². The van der Waals surface area contributed by atoms with Crippen LogP contribution in [-0.4, -0.2) is 54.7 Å². The summed E-state index contributed by atoms with van der Waals surface area (Å²) < 4.78 is 6.96. The summed E-state index contributed by atoms with van der Waals surface area (Å²) in [5.74, 6) is 0.0829. The normalized spacial score (nSPS) is 22.4. The molecule has 0 aromatic heterocycles. The average molecular weight is 339 g/mol. The second-order valence-electron chi connectivity index (χ2n) is 5.56. The van der Waals surface area contributed by atoms with Crippen molar-refractivity contribution in [3.8, 4) is 0 Å². The third kappa shape index (κ3) is 2.50. The van der Waals surface area contributed by atoms with E-state index in [2.05, 4.69) is 27.9 Å². The first kappa shape index (κ1) is 14.0. The van der Waals surface area contributed by atoms with E-state index in [4.69, 9.17) is 4.74 Å². The molecule has 0 saturated carbocycles. The molecule has 1 spiro atoms. The van der Waals surface area contributed by atoms with E-state index < -0.39 is 0 Å². The SMILES string of the molecule is CN1CCC2(CC1)OCCN2C(=O)c1ccc(Br)cc1. The van der Waals surface area contributed by atoms with Crippen molar-refractivity contribution in [1.82, 2.24) is 9.80 Å². The van der Waals surface area contributed by atoms with E-state index in [1.54, 1.807) is 0 Å². The number of ether oxygens (including phenoxy) is 1. The molecule has 0 unspecified atom stereocenters. The van der Waals surface area contributed by atoms with Gasteiger partial charge in [-0.05, 0) is 31.3 Å². The molecular weight excluding hydrogens is 320 g/mol. The minimum absolute atomic E-state index is 0.0829. The molecule has 0 radical (unpaired) electrons. The number of amides is 1. The summed E-state index contributed by atoms with van der Waals surface area (Å²) in [5.41, 5.74) is 0.355. The highest BCUT2D eigenvalue weighted by Crippen LogP contribution is 2.35. The van der Waals surface area contributed by atoms with Crippen molar-refractivity contribution < 1.29 is 9.53 Å². The number of benzene rings is 1. The molecule has 2 saturated heterocycles. The lowest BCUT2D eigenvalue weighted by molar-refractivity contribution is -0.102. The predicted octanol–water partition coefficient (Wildman–Crippen LogP) is 2.34. The third-order valence-electron chi connectivity index (χ3n) is 4.28. The second-order valence-corrected chi connectivity index (χ2v) is 6.48. The van der Waals surface area contributed by atoms with Gasteiger partial charge in [-0.1, -0.05) is 15.9 Å². The first-order chi connectivity index (χ1) is 9.61. The molecule has 1 amide bonds. The Kier molecular flexibility index (Phi) is 3.84. The predicted molar refractivity (Wildman–Crippen MR) is 80.6 cm³/mol. The lowest BCUT2D eigenvalue weighted by atomic mass is 9.98. The van der Waals surface area contributed by atoms with Gasteiger partial charge in [-0.15, -0.1) is 0 Å². The van der Waals surface area contributed by atoms with E-state index in [0.29, 0.717) is 13.2 Å². The highest BCUT2D eigenvalue weighted by Gasteiger charge is 2.46. The number of carbonyl (C=O) groups is 1. The maximum atomic E-state index is 12.7. The number of likely N-dealkylation sites (tertiary alicyclic amines) is 1. The van der Waals surface area contributed by atoms with Crippen molar-refractivity contribution in [1.29, 1.82) is 0 Å².